The minimum Gasteiger partial charge on any atom is -0.464 e. The Morgan fingerprint density at radius 1 is 1.26 bits per heavy atom. The summed E-state index contributed by atoms with van der Waals surface area (Å²) >= 11 is 0.622. The first-order chi connectivity index (χ1) is 8.89. The number of alkyl halides is 3. The lowest BCUT2D eigenvalue weighted by Crippen LogP contribution is -2.23. The largest absolute Gasteiger partial charge is 0.464 e. The highest BCUT2D eigenvalue weighted by atomic mass is 32.1. The number of hydrogen-bond acceptors (Lipinski definition) is 3. The summed E-state index contributed by atoms with van der Waals surface area (Å²) in [5.74, 6) is 0. The molecule has 1 amide bonds. The van der Waals surface area contributed by atoms with Crippen molar-refractivity contribution in [3.05, 3.63) is 41.4 Å². The van der Waals surface area contributed by atoms with E-state index in [4.69, 9.17) is 5.11 Å². The Labute approximate surface area is 109 Å². The van der Waals surface area contributed by atoms with E-state index in [1.54, 1.807) is 18.2 Å². The van der Waals surface area contributed by atoms with Crippen LogP contribution in [-0.2, 0) is 6.18 Å². The molecule has 100 valence electrons. The zero-order valence-electron chi connectivity index (χ0n) is 9.26. The Kier molecular flexibility index (Phi) is 3.43. The Morgan fingerprint density at radius 3 is 2.37 bits per heavy atom. The molecule has 8 heteroatoms. The van der Waals surface area contributed by atoms with Gasteiger partial charge in [-0.05, 0) is 12.1 Å². The summed E-state index contributed by atoms with van der Waals surface area (Å²) in [6.45, 7) is 0. The van der Waals surface area contributed by atoms with Crippen molar-refractivity contribution in [3.63, 3.8) is 0 Å². The van der Waals surface area contributed by atoms with Crippen LogP contribution >= 0.6 is 11.3 Å². The number of rotatable bonds is 2. The van der Waals surface area contributed by atoms with Crippen molar-refractivity contribution in [2.45, 2.75) is 6.18 Å². The van der Waals surface area contributed by atoms with Crippen LogP contribution in [0.1, 0.15) is 5.69 Å². The van der Waals surface area contributed by atoms with Crippen molar-refractivity contribution >= 4 is 28.2 Å². The van der Waals surface area contributed by atoms with E-state index in [1.807, 2.05) is 0 Å². The van der Waals surface area contributed by atoms with E-state index in [0.717, 1.165) is 5.38 Å². The van der Waals surface area contributed by atoms with E-state index in [1.165, 1.54) is 12.1 Å². The van der Waals surface area contributed by atoms with Gasteiger partial charge in [0.2, 0.25) is 0 Å². The van der Waals surface area contributed by atoms with Crippen LogP contribution in [-0.4, -0.2) is 16.2 Å². The quantitative estimate of drug-likeness (QED) is 0.909. The maximum absolute atomic E-state index is 12.4. The van der Waals surface area contributed by atoms with Gasteiger partial charge in [-0.1, -0.05) is 18.2 Å². The van der Waals surface area contributed by atoms with Gasteiger partial charge in [0.05, 0.1) is 5.69 Å². The van der Waals surface area contributed by atoms with Crippen molar-refractivity contribution in [1.82, 2.24) is 4.98 Å². The topological polar surface area (TPSA) is 53.4 Å². The molecule has 0 aliphatic rings. The van der Waals surface area contributed by atoms with Crippen LogP contribution in [0.2, 0.25) is 0 Å². The van der Waals surface area contributed by atoms with Gasteiger partial charge < -0.3 is 5.11 Å². The lowest BCUT2D eigenvalue weighted by molar-refractivity contribution is -0.140. The summed E-state index contributed by atoms with van der Waals surface area (Å²) in [4.78, 5) is 15.2. The lowest BCUT2D eigenvalue weighted by atomic mass is 10.3. The highest BCUT2D eigenvalue weighted by molar-refractivity contribution is 7.14. The second-order valence-corrected chi connectivity index (χ2v) is 4.30. The standard InChI is InChI=1S/C11H7F3N2O2S/c12-11(13,14)8-6-19-9(15-8)16(10(17)18)7-4-2-1-3-5-7/h1-6H,(H,17,18). The molecule has 0 bridgehead atoms. The fourth-order valence-corrected chi connectivity index (χ4v) is 2.22. The predicted octanol–water partition coefficient (Wildman–Crippen LogP) is 3.98. The van der Waals surface area contributed by atoms with Gasteiger partial charge in [0.1, 0.15) is 0 Å². The molecular formula is C11H7F3N2O2S. The molecule has 0 atom stereocenters. The molecule has 4 nitrogen and oxygen atoms in total. The van der Waals surface area contributed by atoms with E-state index in [0.29, 0.717) is 16.2 Å². The Bertz CT molecular complexity index is 583. The SMILES string of the molecule is O=C(O)N(c1ccccc1)c1nc(C(F)(F)F)cs1. The van der Waals surface area contributed by atoms with Crippen LogP contribution in [0.3, 0.4) is 0 Å². The molecule has 0 saturated heterocycles. The molecule has 0 radical (unpaired) electrons. The monoisotopic (exact) mass is 288 g/mol. The highest BCUT2D eigenvalue weighted by Crippen LogP contribution is 2.35. The summed E-state index contributed by atoms with van der Waals surface area (Å²) in [5.41, 5.74) is -0.868. The summed E-state index contributed by atoms with van der Waals surface area (Å²) in [5, 5.41) is 9.65. The number of halogens is 3. The van der Waals surface area contributed by atoms with E-state index in [9.17, 15) is 18.0 Å². The maximum atomic E-state index is 12.4. The molecule has 2 aromatic rings. The van der Waals surface area contributed by atoms with Gasteiger partial charge >= 0.3 is 12.3 Å². The molecule has 0 aliphatic heterocycles. The van der Waals surface area contributed by atoms with Gasteiger partial charge in [0.15, 0.2) is 10.8 Å². The number of anilines is 2. The molecule has 1 aromatic heterocycles. The third kappa shape index (κ3) is 2.84. The number of hydrogen-bond donors (Lipinski definition) is 1. The second-order valence-electron chi connectivity index (χ2n) is 3.47. The number of aromatic nitrogens is 1. The predicted molar refractivity (Wildman–Crippen MR) is 63.7 cm³/mol. The first kappa shape index (κ1) is 13.3. The number of carboxylic acid groups (broad SMARTS) is 1. The van der Waals surface area contributed by atoms with E-state index < -0.39 is 18.0 Å². The summed E-state index contributed by atoms with van der Waals surface area (Å²) in [6.07, 6.45) is -5.98. The average Bonchev–Trinajstić information content (AvgIpc) is 2.79. The summed E-state index contributed by atoms with van der Waals surface area (Å²) in [7, 11) is 0. The molecular weight excluding hydrogens is 281 g/mol. The zero-order chi connectivity index (χ0) is 14.0. The normalized spacial score (nSPS) is 11.3. The zero-order valence-corrected chi connectivity index (χ0v) is 10.1. The minimum atomic E-state index is -4.59. The Hall–Kier alpha value is -2.09. The van der Waals surface area contributed by atoms with E-state index in [-0.39, 0.29) is 10.8 Å². The van der Waals surface area contributed by atoms with Gasteiger partial charge in [-0.2, -0.15) is 13.2 Å². The average molecular weight is 288 g/mol. The maximum Gasteiger partial charge on any atom is 0.434 e. The van der Waals surface area contributed by atoms with Gasteiger partial charge in [-0.3, -0.25) is 0 Å². The first-order valence-electron chi connectivity index (χ1n) is 5.00. The minimum absolute atomic E-state index is 0.234. The van der Waals surface area contributed by atoms with Gasteiger partial charge in [-0.25, -0.2) is 14.7 Å². The van der Waals surface area contributed by atoms with Crippen LogP contribution in [0.25, 0.3) is 0 Å². The fourth-order valence-electron chi connectivity index (χ4n) is 1.38. The molecule has 0 aliphatic carbocycles. The summed E-state index contributed by atoms with van der Waals surface area (Å²) in [6, 6.07) is 7.80. The molecule has 1 heterocycles. The van der Waals surface area contributed by atoms with Crippen LogP contribution < -0.4 is 4.90 Å². The molecule has 0 fully saturated rings. The summed E-state index contributed by atoms with van der Waals surface area (Å²) < 4.78 is 37.3. The molecule has 0 saturated carbocycles. The number of amides is 1. The van der Waals surface area contributed by atoms with Crippen LogP contribution in [0.15, 0.2) is 35.7 Å². The number of carbonyl (C=O) groups is 1. The molecule has 2 rings (SSSR count). The van der Waals surface area contributed by atoms with E-state index in [2.05, 4.69) is 4.98 Å². The van der Waals surface area contributed by atoms with Gasteiger partial charge in [0.25, 0.3) is 0 Å². The van der Waals surface area contributed by atoms with Gasteiger partial charge in [0, 0.05) is 5.38 Å². The van der Waals surface area contributed by atoms with Crippen molar-refractivity contribution < 1.29 is 23.1 Å². The van der Waals surface area contributed by atoms with Gasteiger partial charge in [-0.15, -0.1) is 11.3 Å². The first-order valence-corrected chi connectivity index (χ1v) is 5.88. The molecule has 0 unspecified atom stereocenters. The van der Waals surface area contributed by atoms with E-state index >= 15 is 0 Å². The number of thiazole rings is 1. The second kappa shape index (κ2) is 4.88. The van der Waals surface area contributed by atoms with Crippen LogP contribution in [0, 0.1) is 0 Å². The third-order valence-corrected chi connectivity index (χ3v) is 3.01. The van der Waals surface area contributed by atoms with Crippen LogP contribution in [0.5, 0.6) is 0 Å². The molecule has 0 spiro atoms. The fraction of sp³-hybridized carbons (Fsp3) is 0.0909. The lowest BCUT2D eigenvalue weighted by Gasteiger charge is -2.15. The van der Waals surface area contributed by atoms with Crippen molar-refractivity contribution in [2.75, 3.05) is 4.90 Å². The molecule has 1 aromatic carbocycles. The Morgan fingerprint density at radius 2 is 1.89 bits per heavy atom. The van der Waals surface area contributed by atoms with Crippen molar-refractivity contribution in [2.24, 2.45) is 0 Å². The number of benzene rings is 1. The van der Waals surface area contributed by atoms with Crippen LogP contribution in [0.4, 0.5) is 28.8 Å². The number of para-hydroxylation sites is 1. The van der Waals surface area contributed by atoms with Crippen molar-refractivity contribution in [3.8, 4) is 0 Å². The third-order valence-electron chi connectivity index (χ3n) is 2.18. The smallest absolute Gasteiger partial charge is 0.434 e. The highest BCUT2D eigenvalue weighted by Gasteiger charge is 2.35. The van der Waals surface area contributed by atoms with Crippen molar-refractivity contribution in [1.29, 1.82) is 0 Å². The number of nitrogens with zero attached hydrogens (tertiary/aromatic N) is 2. The molecule has 19 heavy (non-hydrogen) atoms. The Balaban J connectivity index is 2.41. The molecule has 1 N–H and O–H groups in total.